The van der Waals surface area contributed by atoms with Crippen LogP contribution in [0, 0.1) is 5.82 Å². The van der Waals surface area contributed by atoms with Crippen LogP contribution in [-0.4, -0.2) is 23.0 Å². The van der Waals surface area contributed by atoms with Gasteiger partial charge in [0.2, 0.25) is 0 Å². The lowest BCUT2D eigenvalue weighted by Crippen LogP contribution is -2.23. The number of halogens is 3. The van der Waals surface area contributed by atoms with Gasteiger partial charge < -0.3 is 9.47 Å². The summed E-state index contributed by atoms with van der Waals surface area (Å²) in [6.07, 6.45) is 2.25. The first-order valence-corrected chi connectivity index (χ1v) is 12.5. The Balaban J connectivity index is 1.82. The number of ether oxygens (including phenoxy) is 2. The molecule has 0 radical (unpaired) electrons. The van der Waals surface area contributed by atoms with E-state index in [0.29, 0.717) is 44.4 Å². The fourth-order valence-electron chi connectivity index (χ4n) is 3.66. The molecule has 0 aliphatic rings. The van der Waals surface area contributed by atoms with Gasteiger partial charge in [-0.05, 0) is 36.8 Å². The Bertz CT molecular complexity index is 1510. The van der Waals surface area contributed by atoms with E-state index < -0.39 is 0 Å². The van der Waals surface area contributed by atoms with Crippen LogP contribution in [0.2, 0.25) is 5.02 Å². The molecule has 1 aromatic heterocycles. The Morgan fingerprint density at radius 3 is 2.72 bits per heavy atom. The summed E-state index contributed by atoms with van der Waals surface area (Å²) < 4.78 is 27.6. The monoisotopic (exact) mass is 571 g/mol. The van der Waals surface area contributed by atoms with Crippen molar-refractivity contribution in [3.05, 3.63) is 97.2 Å². The molecule has 6 nitrogen and oxygen atoms in total. The Morgan fingerprint density at radius 1 is 1.22 bits per heavy atom. The van der Waals surface area contributed by atoms with E-state index in [4.69, 9.17) is 26.1 Å². The summed E-state index contributed by atoms with van der Waals surface area (Å²) in [5.41, 5.74) is 1.16. The van der Waals surface area contributed by atoms with Gasteiger partial charge in [0.15, 0.2) is 11.5 Å². The molecule has 0 spiro atoms. The van der Waals surface area contributed by atoms with Gasteiger partial charge in [0, 0.05) is 32.6 Å². The molecule has 0 bridgehead atoms. The molecule has 0 N–H and O–H groups in total. The molecule has 0 saturated carbocycles. The molecule has 36 heavy (non-hydrogen) atoms. The largest absolute Gasteiger partial charge is 0.493 e. The fraction of sp³-hybridized carbons (Fsp3) is 0.222. The third-order valence-corrected chi connectivity index (χ3v) is 6.51. The SMILES string of the molecule is CC[C@H](C)c1nc2ccc(Br)cc2c(=O)n1N=Cc1cc(Cl)cc(OC)c1OCc1ccccc1F. The molecular formula is C27H24BrClFN3O3. The standard InChI is InChI=1S/C27H24BrClFN3O3/c1-4-16(2)26-32-23-10-9-19(28)12-21(23)27(34)33(26)31-14-18-11-20(29)13-24(35-3)25(18)36-15-17-7-5-6-8-22(17)30/h5-14,16H,4,15H2,1-3H3/t16-/m0/s1. The van der Waals surface area contributed by atoms with Crippen molar-refractivity contribution >= 4 is 44.6 Å². The number of hydrogen-bond donors (Lipinski definition) is 0. The van der Waals surface area contributed by atoms with Crippen LogP contribution < -0.4 is 15.0 Å². The zero-order valence-electron chi connectivity index (χ0n) is 20.0. The molecular weight excluding hydrogens is 549 g/mol. The summed E-state index contributed by atoms with van der Waals surface area (Å²) in [6.45, 7) is 3.98. The van der Waals surface area contributed by atoms with Gasteiger partial charge in [-0.15, -0.1) is 0 Å². The second kappa shape index (κ2) is 11.2. The van der Waals surface area contributed by atoms with Crippen molar-refractivity contribution in [3.8, 4) is 11.5 Å². The maximum Gasteiger partial charge on any atom is 0.282 e. The second-order valence-corrected chi connectivity index (χ2v) is 9.56. The predicted octanol–water partition coefficient (Wildman–Crippen LogP) is 6.93. The van der Waals surface area contributed by atoms with Crippen LogP contribution in [0.1, 0.15) is 43.1 Å². The minimum Gasteiger partial charge on any atom is -0.493 e. The maximum absolute atomic E-state index is 14.2. The summed E-state index contributed by atoms with van der Waals surface area (Å²) in [5.74, 6) is 0.822. The molecule has 0 fully saturated rings. The van der Waals surface area contributed by atoms with Gasteiger partial charge in [0.05, 0.1) is 24.2 Å². The molecule has 0 aliphatic carbocycles. The van der Waals surface area contributed by atoms with Gasteiger partial charge in [-0.2, -0.15) is 9.78 Å². The van der Waals surface area contributed by atoms with Gasteiger partial charge in [-0.25, -0.2) is 9.37 Å². The average Bonchev–Trinajstić information content (AvgIpc) is 2.87. The summed E-state index contributed by atoms with van der Waals surface area (Å²) in [4.78, 5) is 18.2. The maximum atomic E-state index is 14.2. The van der Waals surface area contributed by atoms with Crippen molar-refractivity contribution in [1.29, 1.82) is 0 Å². The number of methoxy groups -OCH3 is 1. The highest BCUT2D eigenvalue weighted by Crippen LogP contribution is 2.35. The molecule has 4 aromatic rings. The third kappa shape index (κ3) is 5.44. The number of rotatable bonds is 8. The lowest BCUT2D eigenvalue weighted by Gasteiger charge is -2.16. The number of aromatic nitrogens is 2. The number of benzene rings is 3. The molecule has 0 unspecified atom stereocenters. The predicted molar refractivity (Wildman–Crippen MR) is 144 cm³/mol. The smallest absolute Gasteiger partial charge is 0.282 e. The van der Waals surface area contributed by atoms with Crippen molar-refractivity contribution in [2.24, 2.45) is 5.10 Å². The second-order valence-electron chi connectivity index (χ2n) is 8.21. The van der Waals surface area contributed by atoms with Gasteiger partial charge in [-0.3, -0.25) is 4.79 Å². The first-order chi connectivity index (χ1) is 17.3. The van der Waals surface area contributed by atoms with Gasteiger partial charge in [0.1, 0.15) is 18.2 Å². The van der Waals surface area contributed by atoms with Crippen molar-refractivity contribution in [2.75, 3.05) is 7.11 Å². The van der Waals surface area contributed by atoms with E-state index in [2.05, 4.69) is 21.0 Å². The molecule has 3 aromatic carbocycles. The molecule has 1 atom stereocenters. The van der Waals surface area contributed by atoms with E-state index in [1.165, 1.54) is 24.1 Å². The van der Waals surface area contributed by atoms with Crippen LogP contribution in [0.15, 0.2) is 69.0 Å². The van der Waals surface area contributed by atoms with E-state index in [1.54, 1.807) is 42.5 Å². The number of nitrogens with zero attached hydrogens (tertiary/aromatic N) is 3. The van der Waals surface area contributed by atoms with Crippen LogP contribution >= 0.6 is 27.5 Å². The van der Waals surface area contributed by atoms with E-state index in [1.807, 2.05) is 19.9 Å². The van der Waals surface area contributed by atoms with Crippen molar-refractivity contribution < 1.29 is 13.9 Å². The van der Waals surface area contributed by atoms with Gasteiger partial charge in [0.25, 0.3) is 5.56 Å². The molecule has 0 aliphatic heterocycles. The van der Waals surface area contributed by atoms with E-state index >= 15 is 0 Å². The Kier molecular flexibility index (Phi) is 8.06. The van der Waals surface area contributed by atoms with E-state index in [-0.39, 0.29) is 23.9 Å². The van der Waals surface area contributed by atoms with Crippen molar-refractivity contribution in [3.63, 3.8) is 0 Å². The van der Waals surface area contributed by atoms with Gasteiger partial charge >= 0.3 is 0 Å². The van der Waals surface area contributed by atoms with E-state index in [9.17, 15) is 9.18 Å². The summed E-state index contributed by atoms with van der Waals surface area (Å²) in [7, 11) is 1.49. The normalized spacial score (nSPS) is 12.3. The lowest BCUT2D eigenvalue weighted by molar-refractivity contribution is 0.279. The Labute approximate surface area is 221 Å². The number of fused-ring (bicyclic) bond motifs is 1. The minimum atomic E-state index is -0.376. The zero-order chi connectivity index (χ0) is 25.8. The summed E-state index contributed by atoms with van der Waals surface area (Å²) in [5, 5.41) is 5.34. The topological polar surface area (TPSA) is 65.7 Å². The third-order valence-electron chi connectivity index (χ3n) is 5.80. The van der Waals surface area contributed by atoms with Crippen LogP contribution in [-0.2, 0) is 6.61 Å². The fourth-order valence-corrected chi connectivity index (χ4v) is 4.23. The minimum absolute atomic E-state index is 0.0198. The summed E-state index contributed by atoms with van der Waals surface area (Å²) >= 11 is 9.73. The molecule has 9 heteroatoms. The number of hydrogen-bond acceptors (Lipinski definition) is 5. The molecule has 0 amide bonds. The molecule has 4 rings (SSSR count). The molecule has 0 saturated heterocycles. The quantitative estimate of drug-likeness (QED) is 0.215. The van der Waals surface area contributed by atoms with Crippen LogP contribution in [0.3, 0.4) is 0 Å². The highest BCUT2D eigenvalue weighted by molar-refractivity contribution is 9.10. The first-order valence-electron chi connectivity index (χ1n) is 11.3. The van der Waals surface area contributed by atoms with Gasteiger partial charge in [-0.1, -0.05) is 59.6 Å². The van der Waals surface area contributed by atoms with Crippen LogP contribution in [0.25, 0.3) is 10.9 Å². The highest BCUT2D eigenvalue weighted by atomic mass is 79.9. The summed E-state index contributed by atoms with van der Waals surface area (Å²) in [6, 6.07) is 15.0. The highest BCUT2D eigenvalue weighted by Gasteiger charge is 2.17. The Morgan fingerprint density at radius 2 is 2.00 bits per heavy atom. The van der Waals surface area contributed by atoms with Crippen molar-refractivity contribution in [1.82, 2.24) is 9.66 Å². The van der Waals surface area contributed by atoms with E-state index in [0.717, 1.165) is 10.9 Å². The average molecular weight is 573 g/mol. The van der Waals surface area contributed by atoms with Crippen LogP contribution in [0.4, 0.5) is 4.39 Å². The first kappa shape index (κ1) is 25.9. The molecule has 186 valence electrons. The Hall–Kier alpha value is -3.23. The van der Waals surface area contributed by atoms with Crippen molar-refractivity contribution in [2.45, 2.75) is 32.8 Å². The molecule has 1 heterocycles. The van der Waals surface area contributed by atoms with Crippen LogP contribution in [0.5, 0.6) is 11.5 Å². The lowest BCUT2D eigenvalue weighted by atomic mass is 10.1. The zero-order valence-corrected chi connectivity index (χ0v) is 22.3.